The van der Waals surface area contributed by atoms with Crippen LogP contribution in [0.1, 0.15) is 37.3 Å². The number of halogens is 2. The third-order valence-corrected chi connectivity index (χ3v) is 6.25. The third-order valence-electron chi connectivity index (χ3n) is 3.85. The molecule has 0 aliphatic carbocycles. The Bertz CT molecular complexity index is 853. The lowest BCUT2D eigenvalue weighted by molar-refractivity contribution is 0.555. The standard InChI is InChI=1S/C18H19ClFN3S2/c1-4-13-8-12(9-24-13)17-21-22-18(23(17)11(2)3)25-10-14-15(19)6-5-7-16(14)20/h5-9,11H,4,10H2,1-3H3. The van der Waals surface area contributed by atoms with Crippen LogP contribution in [-0.4, -0.2) is 14.8 Å². The van der Waals surface area contributed by atoms with Gasteiger partial charge in [0.1, 0.15) is 5.82 Å². The van der Waals surface area contributed by atoms with E-state index in [2.05, 4.69) is 47.0 Å². The van der Waals surface area contributed by atoms with Crippen LogP contribution in [-0.2, 0) is 12.2 Å². The average Bonchev–Trinajstić information content (AvgIpc) is 3.20. The first-order valence-corrected chi connectivity index (χ1v) is 10.3. The molecular formula is C18H19ClFN3S2. The zero-order chi connectivity index (χ0) is 18.0. The summed E-state index contributed by atoms with van der Waals surface area (Å²) in [5.74, 6) is 0.981. The van der Waals surface area contributed by atoms with Crippen molar-refractivity contribution >= 4 is 34.7 Å². The summed E-state index contributed by atoms with van der Waals surface area (Å²) in [4.78, 5) is 1.32. The van der Waals surface area contributed by atoms with Gasteiger partial charge in [-0.05, 0) is 38.5 Å². The summed E-state index contributed by atoms with van der Waals surface area (Å²) in [6.45, 7) is 6.34. The van der Waals surface area contributed by atoms with Crippen molar-refractivity contribution in [1.29, 1.82) is 0 Å². The molecule has 7 heteroatoms. The predicted molar refractivity (Wildman–Crippen MR) is 104 cm³/mol. The molecule has 0 atom stereocenters. The maximum atomic E-state index is 14.0. The highest BCUT2D eigenvalue weighted by atomic mass is 35.5. The summed E-state index contributed by atoms with van der Waals surface area (Å²) in [7, 11) is 0. The molecule has 3 rings (SSSR count). The van der Waals surface area contributed by atoms with Crippen molar-refractivity contribution in [2.24, 2.45) is 0 Å². The molecule has 0 unspecified atom stereocenters. The van der Waals surface area contributed by atoms with Crippen LogP contribution >= 0.6 is 34.7 Å². The molecule has 2 heterocycles. The van der Waals surface area contributed by atoms with Crippen LogP contribution in [0, 0.1) is 5.82 Å². The van der Waals surface area contributed by atoms with Gasteiger partial charge in [0.25, 0.3) is 0 Å². The minimum absolute atomic E-state index is 0.202. The number of benzene rings is 1. The fourth-order valence-electron chi connectivity index (χ4n) is 2.53. The van der Waals surface area contributed by atoms with Crippen molar-refractivity contribution in [1.82, 2.24) is 14.8 Å². The lowest BCUT2D eigenvalue weighted by Crippen LogP contribution is -2.05. The van der Waals surface area contributed by atoms with E-state index in [9.17, 15) is 4.39 Å². The van der Waals surface area contributed by atoms with Gasteiger partial charge in [0.2, 0.25) is 0 Å². The second kappa shape index (κ2) is 7.89. The number of nitrogens with zero attached hydrogens (tertiary/aromatic N) is 3. The zero-order valence-corrected chi connectivity index (χ0v) is 16.7. The molecule has 1 aromatic carbocycles. The molecule has 0 bridgehead atoms. The minimum atomic E-state index is -0.291. The number of rotatable bonds is 6. The number of thiophene rings is 1. The number of thioether (sulfide) groups is 1. The minimum Gasteiger partial charge on any atom is -0.299 e. The van der Waals surface area contributed by atoms with E-state index in [1.165, 1.54) is 22.7 Å². The molecule has 3 nitrogen and oxygen atoms in total. The molecule has 0 N–H and O–H groups in total. The van der Waals surface area contributed by atoms with Crippen LogP contribution < -0.4 is 0 Å². The van der Waals surface area contributed by atoms with Gasteiger partial charge in [0.15, 0.2) is 11.0 Å². The van der Waals surface area contributed by atoms with Gasteiger partial charge in [-0.3, -0.25) is 4.57 Å². The maximum absolute atomic E-state index is 14.0. The summed E-state index contributed by atoms with van der Waals surface area (Å²) >= 11 is 9.31. The van der Waals surface area contributed by atoms with Crippen LogP contribution in [0.25, 0.3) is 11.4 Å². The van der Waals surface area contributed by atoms with Crippen LogP contribution in [0.4, 0.5) is 4.39 Å². The van der Waals surface area contributed by atoms with Gasteiger partial charge in [0.05, 0.1) is 0 Å². The van der Waals surface area contributed by atoms with E-state index in [4.69, 9.17) is 11.6 Å². The van der Waals surface area contributed by atoms with Crippen LogP contribution in [0.15, 0.2) is 34.8 Å². The first-order valence-electron chi connectivity index (χ1n) is 8.09. The van der Waals surface area contributed by atoms with E-state index in [0.29, 0.717) is 16.3 Å². The monoisotopic (exact) mass is 395 g/mol. The Kier molecular flexibility index (Phi) is 5.81. The molecule has 0 amide bonds. The second-order valence-electron chi connectivity index (χ2n) is 5.91. The Labute approximate surface area is 160 Å². The van der Waals surface area contributed by atoms with Gasteiger partial charge < -0.3 is 0 Å². The predicted octanol–water partition coefficient (Wildman–Crippen LogP) is 6.23. The van der Waals surface area contributed by atoms with E-state index < -0.39 is 0 Å². The summed E-state index contributed by atoms with van der Waals surface area (Å²) in [6.07, 6.45) is 1.01. The molecule has 0 saturated heterocycles. The van der Waals surface area contributed by atoms with Crippen molar-refractivity contribution < 1.29 is 4.39 Å². The van der Waals surface area contributed by atoms with Gasteiger partial charge >= 0.3 is 0 Å². The average molecular weight is 396 g/mol. The molecule has 0 aliphatic rings. The number of aryl methyl sites for hydroxylation is 1. The molecule has 0 fully saturated rings. The quantitative estimate of drug-likeness (QED) is 0.463. The van der Waals surface area contributed by atoms with Crippen molar-refractivity contribution in [3.8, 4) is 11.4 Å². The van der Waals surface area contributed by atoms with Crippen molar-refractivity contribution in [2.75, 3.05) is 0 Å². The molecule has 0 radical (unpaired) electrons. The van der Waals surface area contributed by atoms with Gasteiger partial charge in [-0.25, -0.2) is 4.39 Å². The molecule has 0 spiro atoms. The van der Waals surface area contributed by atoms with Crippen molar-refractivity contribution in [2.45, 2.75) is 44.1 Å². The number of hydrogen-bond acceptors (Lipinski definition) is 4. The molecule has 25 heavy (non-hydrogen) atoms. The Morgan fingerprint density at radius 3 is 2.76 bits per heavy atom. The van der Waals surface area contributed by atoms with E-state index >= 15 is 0 Å². The van der Waals surface area contributed by atoms with E-state index in [-0.39, 0.29) is 11.9 Å². The zero-order valence-electron chi connectivity index (χ0n) is 14.3. The highest BCUT2D eigenvalue weighted by molar-refractivity contribution is 7.98. The Morgan fingerprint density at radius 1 is 1.32 bits per heavy atom. The van der Waals surface area contributed by atoms with E-state index in [1.807, 2.05) is 0 Å². The first-order chi connectivity index (χ1) is 12.0. The fraction of sp³-hybridized carbons (Fsp3) is 0.333. The normalized spacial score (nSPS) is 11.4. The summed E-state index contributed by atoms with van der Waals surface area (Å²) in [6, 6.07) is 7.11. The van der Waals surface area contributed by atoms with Crippen LogP contribution in [0.3, 0.4) is 0 Å². The molecule has 3 aromatic rings. The third kappa shape index (κ3) is 3.91. The SMILES string of the molecule is CCc1cc(-c2nnc(SCc3c(F)cccc3Cl)n2C(C)C)cs1. The first kappa shape index (κ1) is 18.4. The molecule has 132 valence electrons. The Morgan fingerprint density at radius 2 is 2.12 bits per heavy atom. The van der Waals surface area contributed by atoms with Crippen LogP contribution in [0.2, 0.25) is 5.02 Å². The second-order valence-corrected chi connectivity index (χ2v) is 8.26. The van der Waals surface area contributed by atoms with Crippen molar-refractivity contribution in [3.63, 3.8) is 0 Å². The lowest BCUT2D eigenvalue weighted by atomic mass is 10.2. The lowest BCUT2D eigenvalue weighted by Gasteiger charge is -2.13. The van der Waals surface area contributed by atoms with E-state index in [1.54, 1.807) is 23.5 Å². The number of aromatic nitrogens is 3. The van der Waals surface area contributed by atoms with Gasteiger partial charge in [0, 0.05) is 38.2 Å². The van der Waals surface area contributed by atoms with Gasteiger partial charge in [-0.1, -0.05) is 36.4 Å². The molecular weight excluding hydrogens is 377 g/mol. The summed E-state index contributed by atoms with van der Waals surface area (Å²) in [5, 5.41) is 12.0. The van der Waals surface area contributed by atoms with E-state index in [0.717, 1.165) is 23.0 Å². The van der Waals surface area contributed by atoms with Gasteiger partial charge in [-0.2, -0.15) is 0 Å². The van der Waals surface area contributed by atoms with Gasteiger partial charge in [-0.15, -0.1) is 21.5 Å². The molecule has 0 aliphatic heterocycles. The van der Waals surface area contributed by atoms with Crippen molar-refractivity contribution in [3.05, 3.63) is 50.9 Å². The molecule has 2 aromatic heterocycles. The largest absolute Gasteiger partial charge is 0.299 e. The fourth-order valence-corrected chi connectivity index (χ4v) is 4.75. The molecule has 0 saturated carbocycles. The Hall–Kier alpha value is -1.37. The highest BCUT2D eigenvalue weighted by Crippen LogP contribution is 2.33. The van der Waals surface area contributed by atoms with Crippen LogP contribution in [0.5, 0.6) is 0 Å². The summed E-state index contributed by atoms with van der Waals surface area (Å²) in [5.41, 5.74) is 1.58. The topological polar surface area (TPSA) is 30.7 Å². The summed E-state index contributed by atoms with van der Waals surface area (Å²) < 4.78 is 16.1. The Balaban J connectivity index is 1.89. The smallest absolute Gasteiger partial charge is 0.192 e. The number of hydrogen-bond donors (Lipinski definition) is 0. The highest BCUT2D eigenvalue weighted by Gasteiger charge is 2.19. The maximum Gasteiger partial charge on any atom is 0.192 e.